The van der Waals surface area contributed by atoms with Crippen molar-refractivity contribution in [2.45, 2.75) is 38.1 Å². The minimum atomic E-state index is -0.917. The highest BCUT2D eigenvalue weighted by molar-refractivity contribution is 5.80. The second-order valence-electron chi connectivity index (χ2n) is 5.98. The molecule has 3 unspecified atom stereocenters. The summed E-state index contributed by atoms with van der Waals surface area (Å²) in [5.74, 6) is 0.860. The Morgan fingerprint density at radius 3 is 2.84 bits per heavy atom. The molecule has 2 rings (SSSR count). The Bertz CT molecular complexity index is 558. The number of rotatable bonds is 9. The number of hydrogen-bond donors (Lipinski definition) is 2. The van der Waals surface area contributed by atoms with Crippen molar-refractivity contribution in [3.05, 3.63) is 23.8 Å². The van der Waals surface area contributed by atoms with Crippen molar-refractivity contribution >= 4 is 5.91 Å². The van der Waals surface area contributed by atoms with Crippen LogP contribution in [-0.2, 0) is 14.3 Å². The molecule has 1 fully saturated rings. The molecular formula is C18H27NO6. The van der Waals surface area contributed by atoms with E-state index in [-0.39, 0.29) is 18.6 Å². The minimum absolute atomic E-state index is 0.0516. The van der Waals surface area contributed by atoms with Gasteiger partial charge in [0.1, 0.15) is 17.6 Å². The van der Waals surface area contributed by atoms with Crippen LogP contribution in [0.5, 0.6) is 11.5 Å². The number of methoxy groups -OCH3 is 2. The van der Waals surface area contributed by atoms with E-state index in [0.717, 1.165) is 19.4 Å². The lowest BCUT2D eigenvalue weighted by molar-refractivity contribution is -0.134. The van der Waals surface area contributed by atoms with E-state index in [0.29, 0.717) is 23.7 Å². The summed E-state index contributed by atoms with van der Waals surface area (Å²) in [5, 5.41) is 13.1. The fraction of sp³-hybridized carbons (Fsp3) is 0.611. The average molecular weight is 353 g/mol. The third-order valence-corrected chi connectivity index (χ3v) is 4.19. The lowest BCUT2D eigenvalue weighted by Crippen LogP contribution is -2.38. The fourth-order valence-electron chi connectivity index (χ4n) is 2.65. The zero-order chi connectivity index (χ0) is 18.2. The molecule has 1 aromatic rings. The van der Waals surface area contributed by atoms with Gasteiger partial charge >= 0.3 is 0 Å². The maximum atomic E-state index is 12.1. The van der Waals surface area contributed by atoms with Gasteiger partial charge in [0.05, 0.1) is 33.0 Å². The van der Waals surface area contributed by atoms with E-state index in [2.05, 4.69) is 5.32 Å². The molecule has 0 bridgehead atoms. The number of benzene rings is 1. The molecule has 0 radical (unpaired) electrons. The number of nitrogens with one attached hydrogen (secondary N) is 1. The summed E-state index contributed by atoms with van der Waals surface area (Å²) in [6, 6.07) is 5.15. The second kappa shape index (κ2) is 9.60. The molecule has 0 aliphatic carbocycles. The summed E-state index contributed by atoms with van der Waals surface area (Å²) >= 11 is 0. The van der Waals surface area contributed by atoms with Crippen molar-refractivity contribution in [1.29, 1.82) is 0 Å². The maximum absolute atomic E-state index is 12.1. The number of carbonyl (C=O) groups is 1. The van der Waals surface area contributed by atoms with Gasteiger partial charge in [-0.15, -0.1) is 0 Å². The third-order valence-electron chi connectivity index (χ3n) is 4.19. The number of aliphatic hydroxyl groups is 1. The second-order valence-corrected chi connectivity index (χ2v) is 5.98. The van der Waals surface area contributed by atoms with Gasteiger partial charge in [0.15, 0.2) is 0 Å². The quantitative estimate of drug-likeness (QED) is 0.699. The van der Waals surface area contributed by atoms with E-state index in [1.807, 2.05) is 0 Å². The van der Waals surface area contributed by atoms with Gasteiger partial charge in [0, 0.05) is 18.7 Å². The fourth-order valence-corrected chi connectivity index (χ4v) is 2.65. The highest BCUT2D eigenvalue weighted by Crippen LogP contribution is 2.29. The first kappa shape index (κ1) is 19.5. The van der Waals surface area contributed by atoms with Crippen molar-refractivity contribution < 1.29 is 28.8 Å². The molecule has 0 saturated carbocycles. The number of ether oxygens (including phenoxy) is 4. The number of amides is 1. The summed E-state index contributed by atoms with van der Waals surface area (Å²) in [5.41, 5.74) is 0.551. The van der Waals surface area contributed by atoms with E-state index < -0.39 is 12.2 Å². The van der Waals surface area contributed by atoms with Crippen LogP contribution in [0.3, 0.4) is 0 Å². The molecule has 7 nitrogen and oxygen atoms in total. The molecule has 0 spiro atoms. The Morgan fingerprint density at radius 1 is 1.40 bits per heavy atom. The molecular weight excluding hydrogens is 326 g/mol. The van der Waals surface area contributed by atoms with Gasteiger partial charge < -0.3 is 29.4 Å². The maximum Gasteiger partial charge on any atom is 0.248 e. The lowest BCUT2D eigenvalue weighted by Gasteiger charge is -2.19. The largest absolute Gasteiger partial charge is 0.497 e. The Morgan fingerprint density at radius 2 is 2.20 bits per heavy atom. The van der Waals surface area contributed by atoms with Crippen LogP contribution >= 0.6 is 0 Å². The lowest BCUT2D eigenvalue weighted by atomic mass is 10.1. The summed E-state index contributed by atoms with van der Waals surface area (Å²) in [4.78, 5) is 12.1. The first-order chi connectivity index (χ1) is 12.0. The van der Waals surface area contributed by atoms with Crippen LogP contribution in [0, 0.1) is 0 Å². The van der Waals surface area contributed by atoms with Crippen LogP contribution in [0.15, 0.2) is 18.2 Å². The minimum Gasteiger partial charge on any atom is -0.497 e. The molecule has 1 heterocycles. The van der Waals surface area contributed by atoms with Gasteiger partial charge in [0.2, 0.25) is 5.91 Å². The van der Waals surface area contributed by atoms with Crippen LogP contribution in [0.25, 0.3) is 0 Å². The van der Waals surface area contributed by atoms with Crippen molar-refractivity contribution in [3.8, 4) is 11.5 Å². The highest BCUT2D eigenvalue weighted by Gasteiger charge is 2.21. The van der Waals surface area contributed by atoms with Crippen LogP contribution in [0.2, 0.25) is 0 Å². The molecule has 1 aliphatic rings. The number of hydrogen-bond acceptors (Lipinski definition) is 6. The van der Waals surface area contributed by atoms with Gasteiger partial charge in [-0.25, -0.2) is 0 Å². The summed E-state index contributed by atoms with van der Waals surface area (Å²) in [7, 11) is 3.07. The van der Waals surface area contributed by atoms with Crippen molar-refractivity contribution in [1.82, 2.24) is 5.32 Å². The predicted molar refractivity (Wildman–Crippen MR) is 91.9 cm³/mol. The zero-order valence-corrected chi connectivity index (χ0v) is 15.0. The summed E-state index contributed by atoms with van der Waals surface area (Å²) < 4.78 is 21.4. The monoisotopic (exact) mass is 353 g/mol. The third kappa shape index (κ3) is 5.59. The molecule has 7 heteroatoms. The summed E-state index contributed by atoms with van der Waals surface area (Å²) in [6.07, 6.45) is 0.538. The van der Waals surface area contributed by atoms with Crippen LogP contribution in [-0.4, -0.2) is 57.2 Å². The van der Waals surface area contributed by atoms with Crippen molar-refractivity contribution in [2.75, 3.05) is 34.0 Å². The molecule has 1 amide bonds. The number of aliphatic hydroxyl groups excluding tert-OH is 1. The van der Waals surface area contributed by atoms with Gasteiger partial charge in [-0.3, -0.25) is 4.79 Å². The number of carbonyl (C=O) groups excluding carboxylic acids is 1. The van der Waals surface area contributed by atoms with Gasteiger partial charge in [-0.1, -0.05) is 0 Å². The SMILES string of the molecule is COc1ccc(OC)c(C(O)CNC(=O)C(C)OCC2CCCO2)c1. The first-order valence-electron chi connectivity index (χ1n) is 8.46. The Labute approximate surface area is 148 Å². The van der Waals surface area contributed by atoms with Gasteiger partial charge in [-0.05, 0) is 38.0 Å². The molecule has 140 valence electrons. The van der Waals surface area contributed by atoms with E-state index in [4.69, 9.17) is 18.9 Å². The first-order valence-corrected chi connectivity index (χ1v) is 8.46. The highest BCUT2D eigenvalue weighted by atomic mass is 16.5. The molecule has 25 heavy (non-hydrogen) atoms. The van der Waals surface area contributed by atoms with E-state index in [9.17, 15) is 9.90 Å². The molecule has 2 N–H and O–H groups in total. The Balaban J connectivity index is 1.83. The van der Waals surface area contributed by atoms with Crippen molar-refractivity contribution in [2.24, 2.45) is 0 Å². The van der Waals surface area contributed by atoms with E-state index in [1.54, 1.807) is 32.2 Å². The van der Waals surface area contributed by atoms with Crippen molar-refractivity contribution in [3.63, 3.8) is 0 Å². The smallest absolute Gasteiger partial charge is 0.248 e. The Kier molecular flexibility index (Phi) is 7.49. The van der Waals surface area contributed by atoms with Crippen LogP contribution < -0.4 is 14.8 Å². The molecule has 3 atom stereocenters. The van der Waals surface area contributed by atoms with Crippen LogP contribution in [0.4, 0.5) is 0 Å². The van der Waals surface area contributed by atoms with Gasteiger partial charge in [-0.2, -0.15) is 0 Å². The Hall–Kier alpha value is -1.83. The van der Waals surface area contributed by atoms with E-state index >= 15 is 0 Å². The molecule has 1 saturated heterocycles. The predicted octanol–water partition coefficient (Wildman–Crippen LogP) is 1.44. The molecule has 0 aromatic heterocycles. The molecule has 1 aromatic carbocycles. The molecule has 1 aliphatic heterocycles. The zero-order valence-electron chi connectivity index (χ0n) is 15.0. The normalized spacial score (nSPS) is 19.3. The summed E-state index contributed by atoms with van der Waals surface area (Å²) in [6.45, 7) is 2.89. The van der Waals surface area contributed by atoms with Gasteiger partial charge in [0.25, 0.3) is 0 Å². The van der Waals surface area contributed by atoms with E-state index in [1.165, 1.54) is 7.11 Å². The average Bonchev–Trinajstić information content (AvgIpc) is 3.16. The topological polar surface area (TPSA) is 86.2 Å². The standard InChI is InChI=1S/C18H27NO6/c1-12(25-11-14-5-4-8-24-14)18(21)19-10-16(20)15-9-13(22-2)6-7-17(15)23-3/h6-7,9,12,14,16,20H,4-5,8,10-11H2,1-3H3,(H,19,21). The van der Waals surface area contributed by atoms with Crippen LogP contribution in [0.1, 0.15) is 31.4 Å².